The van der Waals surface area contributed by atoms with Crippen molar-refractivity contribution in [3.05, 3.63) is 80.9 Å². The van der Waals surface area contributed by atoms with E-state index in [4.69, 9.17) is 0 Å². The van der Waals surface area contributed by atoms with Gasteiger partial charge < -0.3 is 4.98 Å². The topological polar surface area (TPSA) is 54.9 Å². The highest BCUT2D eigenvalue weighted by Crippen LogP contribution is 2.31. The Hall–Kier alpha value is -2.66. The summed E-state index contributed by atoms with van der Waals surface area (Å²) in [6, 6.07) is 17.6. The number of aromatic amines is 1. The van der Waals surface area contributed by atoms with Crippen LogP contribution < -0.4 is 11.1 Å². The first-order valence-corrected chi connectivity index (χ1v) is 7.74. The van der Waals surface area contributed by atoms with E-state index in [1.54, 1.807) is 4.57 Å². The van der Waals surface area contributed by atoms with E-state index in [-0.39, 0.29) is 0 Å². The van der Waals surface area contributed by atoms with Gasteiger partial charge in [-0.15, -0.1) is 11.3 Å². The molecule has 0 fully saturated rings. The normalized spacial score (nSPS) is 11.3. The van der Waals surface area contributed by atoms with Crippen LogP contribution in [-0.2, 0) is 6.54 Å². The van der Waals surface area contributed by atoms with E-state index < -0.39 is 11.1 Å². The lowest BCUT2D eigenvalue weighted by atomic mass is 10.2. The van der Waals surface area contributed by atoms with Crippen LogP contribution in [0, 0.1) is 0 Å². The summed E-state index contributed by atoms with van der Waals surface area (Å²) < 4.78 is 2.63. The van der Waals surface area contributed by atoms with Crippen molar-refractivity contribution in [3.63, 3.8) is 0 Å². The zero-order chi connectivity index (χ0) is 15.1. The second-order valence-corrected chi connectivity index (χ2v) is 6.16. The van der Waals surface area contributed by atoms with E-state index in [1.807, 2.05) is 54.6 Å². The maximum absolute atomic E-state index is 12.4. The Balaban J connectivity index is 2.09. The monoisotopic (exact) mass is 308 g/mol. The molecule has 0 bridgehead atoms. The van der Waals surface area contributed by atoms with Crippen LogP contribution >= 0.6 is 11.3 Å². The first-order valence-electron chi connectivity index (χ1n) is 6.92. The number of nitrogens with one attached hydrogen (secondary N) is 1. The highest BCUT2D eigenvalue weighted by atomic mass is 32.1. The third-order valence-electron chi connectivity index (χ3n) is 3.69. The van der Waals surface area contributed by atoms with Crippen molar-refractivity contribution in [2.24, 2.45) is 0 Å². The average molecular weight is 308 g/mol. The van der Waals surface area contributed by atoms with Gasteiger partial charge in [0.25, 0.3) is 0 Å². The Morgan fingerprint density at radius 3 is 2.50 bits per heavy atom. The smallest absolute Gasteiger partial charge is 0.308 e. The van der Waals surface area contributed by atoms with Crippen molar-refractivity contribution in [1.82, 2.24) is 9.55 Å². The summed E-state index contributed by atoms with van der Waals surface area (Å²) in [7, 11) is 0. The average Bonchev–Trinajstić information content (AvgIpc) is 2.90. The van der Waals surface area contributed by atoms with Crippen LogP contribution in [0.4, 0.5) is 0 Å². The number of hydrogen-bond acceptors (Lipinski definition) is 3. The van der Waals surface area contributed by atoms with Crippen molar-refractivity contribution in [3.8, 4) is 0 Å². The number of fused-ring (bicyclic) bond motifs is 3. The van der Waals surface area contributed by atoms with Crippen LogP contribution in [-0.4, -0.2) is 9.55 Å². The summed E-state index contributed by atoms with van der Waals surface area (Å²) in [4.78, 5) is 27.7. The van der Waals surface area contributed by atoms with Gasteiger partial charge in [0.2, 0.25) is 0 Å². The third kappa shape index (κ3) is 1.98. The summed E-state index contributed by atoms with van der Waals surface area (Å²) in [5.74, 6) is 0. The molecule has 2 aromatic heterocycles. The lowest BCUT2D eigenvalue weighted by Crippen LogP contribution is -2.36. The summed E-state index contributed by atoms with van der Waals surface area (Å²) in [5.41, 5.74) is 0.704. The molecule has 0 unspecified atom stereocenters. The standard InChI is InChI=1S/C17H12N2O2S/c20-15-17(21)19(10-11-6-2-1-3-7-11)14-12-8-4-5-9-13(12)22-16(14)18-15/h1-9H,10H2,(H,18,20). The zero-order valence-electron chi connectivity index (χ0n) is 11.6. The third-order valence-corrected chi connectivity index (χ3v) is 4.76. The molecule has 0 amide bonds. The zero-order valence-corrected chi connectivity index (χ0v) is 12.4. The number of rotatable bonds is 2. The van der Waals surface area contributed by atoms with Crippen LogP contribution in [0.15, 0.2) is 64.2 Å². The predicted octanol–water partition coefficient (Wildman–Crippen LogP) is 2.95. The minimum Gasteiger partial charge on any atom is -0.308 e. The fourth-order valence-corrected chi connectivity index (χ4v) is 3.78. The minimum absolute atomic E-state index is 0.390. The molecule has 0 spiro atoms. The summed E-state index contributed by atoms with van der Waals surface area (Å²) in [5, 5.41) is 0.992. The molecule has 1 N–H and O–H groups in total. The molecule has 2 aromatic carbocycles. The lowest BCUT2D eigenvalue weighted by Gasteiger charge is -2.07. The van der Waals surface area contributed by atoms with E-state index in [9.17, 15) is 9.59 Å². The molecule has 0 saturated carbocycles. The molecular formula is C17H12N2O2S. The van der Waals surface area contributed by atoms with Crippen LogP contribution in [0.3, 0.4) is 0 Å². The molecule has 0 aliphatic heterocycles. The van der Waals surface area contributed by atoms with E-state index in [2.05, 4.69) is 4.98 Å². The fourth-order valence-electron chi connectivity index (χ4n) is 2.68. The van der Waals surface area contributed by atoms with Crippen molar-refractivity contribution in [2.45, 2.75) is 6.54 Å². The number of benzene rings is 2. The molecular weight excluding hydrogens is 296 g/mol. The molecule has 0 aliphatic carbocycles. The first-order chi connectivity index (χ1) is 10.7. The van der Waals surface area contributed by atoms with Gasteiger partial charge in [0.05, 0.1) is 12.1 Å². The molecule has 4 rings (SSSR count). The Morgan fingerprint density at radius 2 is 1.68 bits per heavy atom. The van der Waals surface area contributed by atoms with Gasteiger partial charge in [-0.25, -0.2) is 0 Å². The van der Waals surface area contributed by atoms with Crippen molar-refractivity contribution >= 4 is 31.8 Å². The maximum Gasteiger partial charge on any atom is 0.317 e. The highest BCUT2D eigenvalue weighted by molar-refractivity contribution is 7.25. The molecule has 22 heavy (non-hydrogen) atoms. The Labute approximate surface area is 129 Å². The quantitative estimate of drug-likeness (QED) is 0.579. The Bertz CT molecular complexity index is 1090. The number of hydrogen-bond donors (Lipinski definition) is 1. The van der Waals surface area contributed by atoms with E-state index in [1.165, 1.54) is 11.3 Å². The van der Waals surface area contributed by atoms with Gasteiger partial charge >= 0.3 is 11.1 Å². The Morgan fingerprint density at radius 1 is 0.955 bits per heavy atom. The molecule has 0 aliphatic rings. The van der Waals surface area contributed by atoms with E-state index in [0.29, 0.717) is 6.54 Å². The molecule has 0 saturated heterocycles. The maximum atomic E-state index is 12.4. The van der Waals surface area contributed by atoms with Crippen LogP contribution in [0.5, 0.6) is 0 Å². The van der Waals surface area contributed by atoms with Crippen LogP contribution in [0.2, 0.25) is 0 Å². The van der Waals surface area contributed by atoms with Gasteiger partial charge in [-0.05, 0) is 11.6 Å². The molecule has 2 heterocycles. The summed E-state index contributed by atoms with van der Waals surface area (Å²) in [6.45, 7) is 0.390. The second kappa shape index (κ2) is 4.96. The molecule has 5 heteroatoms. The van der Waals surface area contributed by atoms with Crippen LogP contribution in [0.1, 0.15) is 5.56 Å². The molecule has 4 nitrogen and oxygen atoms in total. The minimum atomic E-state index is -0.574. The Kier molecular flexibility index (Phi) is 2.94. The molecule has 4 aromatic rings. The van der Waals surface area contributed by atoms with Gasteiger partial charge in [-0.3, -0.25) is 14.2 Å². The van der Waals surface area contributed by atoms with Gasteiger partial charge in [0, 0.05) is 10.1 Å². The molecule has 0 atom stereocenters. The van der Waals surface area contributed by atoms with Gasteiger partial charge in [-0.2, -0.15) is 0 Å². The van der Waals surface area contributed by atoms with E-state index >= 15 is 0 Å². The summed E-state index contributed by atoms with van der Waals surface area (Å²) >= 11 is 1.49. The summed E-state index contributed by atoms with van der Waals surface area (Å²) in [6.07, 6.45) is 0. The van der Waals surface area contributed by atoms with Crippen molar-refractivity contribution < 1.29 is 0 Å². The van der Waals surface area contributed by atoms with Gasteiger partial charge in [-0.1, -0.05) is 48.5 Å². The second-order valence-electron chi connectivity index (χ2n) is 5.11. The van der Waals surface area contributed by atoms with Crippen LogP contribution in [0.25, 0.3) is 20.4 Å². The number of thiophene rings is 1. The molecule has 108 valence electrons. The number of H-pyrrole nitrogens is 1. The van der Waals surface area contributed by atoms with Gasteiger partial charge in [0.1, 0.15) is 4.83 Å². The molecule has 0 radical (unpaired) electrons. The highest BCUT2D eigenvalue weighted by Gasteiger charge is 2.13. The number of aromatic nitrogens is 2. The first kappa shape index (κ1) is 13.0. The van der Waals surface area contributed by atoms with Crippen molar-refractivity contribution in [2.75, 3.05) is 0 Å². The van der Waals surface area contributed by atoms with E-state index in [0.717, 1.165) is 26.0 Å². The predicted molar refractivity (Wildman–Crippen MR) is 89.8 cm³/mol. The van der Waals surface area contributed by atoms with Crippen molar-refractivity contribution in [1.29, 1.82) is 0 Å². The number of nitrogens with zero attached hydrogens (tertiary/aromatic N) is 1. The lowest BCUT2D eigenvalue weighted by molar-refractivity contribution is 0.780. The van der Waals surface area contributed by atoms with Gasteiger partial charge in [0.15, 0.2) is 0 Å². The largest absolute Gasteiger partial charge is 0.317 e. The SMILES string of the molecule is O=c1[nH]c2sc3ccccc3c2n(Cc2ccccc2)c1=O. The fraction of sp³-hybridized carbons (Fsp3) is 0.0588.